The van der Waals surface area contributed by atoms with Crippen LogP contribution < -0.4 is 0 Å². The van der Waals surface area contributed by atoms with Crippen LogP contribution in [0.1, 0.15) is 6.92 Å². The zero-order valence-corrected chi connectivity index (χ0v) is 8.52. The van der Waals surface area contributed by atoms with Crippen LogP contribution in [0.2, 0.25) is 0 Å². The summed E-state index contributed by atoms with van der Waals surface area (Å²) in [7, 11) is 0. The number of fused-ring (bicyclic) bond motifs is 2. The summed E-state index contributed by atoms with van der Waals surface area (Å²) >= 11 is 0. The summed E-state index contributed by atoms with van der Waals surface area (Å²) in [5.74, 6) is -0.552. The Morgan fingerprint density at radius 1 is 1.69 bits per heavy atom. The van der Waals surface area contributed by atoms with Crippen molar-refractivity contribution in [2.45, 2.75) is 37.6 Å². The first-order valence-corrected chi connectivity index (χ1v) is 4.80. The van der Waals surface area contributed by atoms with E-state index in [4.69, 9.17) is 19.7 Å². The molecule has 5 atom stereocenters. The fourth-order valence-corrected chi connectivity index (χ4v) is 1.88. The average molecular weight is 229 g/mol. The molecule has 8 heteroatoms. The second-order valence-electron chi connectivity index (χ2n) is 3.64. The lowest BCUT2D eigenvalue weighted by Gasteiger charge is -2.35. The van der Waals surface area contributed by atoms with Crippen molar-refractivity contribution in [2.75, 3.05) is 6.61 Å². The van der Waals surface area contributed by atoms with Gasteiger partial charge in [0, 0.05) is 11.8 Å². The van der Waals surface area contributed by atoms with E-state index in [1.54, 1.807) is 0 Å². The zero-order chi connectivity index (χ0) is 11.7. The smallest absolute Gasteiger partial charge is 0.303 e. The van der Waals surface area contributed by atoms with E-state index in [-0.39, 0.29) is 6.61 Å². The molecule has 2 unspecified atom stereocenters. The molecule has 0 amide bonds. The molecule has 0 spiro atoms. The average Bonchev–Trinajstić information content (AvgIpc) is 2.66. The predicted molar refractivity (Wildman–Crippen MR) is 49.1 cm³/mol. The van der Waals surface area contributed by atoms with Gasteiger partial charge in [-0.3, -0.25) is 4.79 Å². The Hall–Kier alpha value is -1.34. The Kier molecular flexibility index (Phi) is 2.97. The van der Waals surface area contributed by atoms with E-state index in [1.807, 2.05) is 0 Å². The number of carbonyl (C=O) groups excluding carboxylic acids is 1. The molecule has 0 aromatic rings. The number of hydrogen-bond donors (Lipinski definition) is 1. The van der Waals surface area contributed by atoms with Crippen LogP contribution in [0.5, 0.6) is 0 Å². The molecule has 0 aliphatic carbocycles. The van der Waals surface area contributed by atoms with E-state index < -0.39 is 36.6 Å². The fraction of sp³-hybridized carbons (Fsp3) is 0.875. The third kappa shape index (κ3) is 1.83. The summed E-state index contributed by atoms with van der Waals surface area (Å²) in [4.78, 5) is 13.5. The molecule has 0 aromatic heterocycles. The molecule has 2 aliphatic heterocycles. The number of rotatable bonds is 2. The summed E-state index contributed by atoms with van der Waals surface area (Å²) in [5.41, 5.74) is 8.41. The molecule has 16 heavy (non-hydrogen) atoms. The first-order chi connectivity index (χ1) is 7.63. The Bertz CT molecular complexity index is 343. The SMILES string of the molecule is CC(=O)OC1[C@@H](N=[N+]=[N-])C2OC[C@@H](O2)[C@H]1O. The Morgan fingerprint density at radius 2 is 2.44 bits per heavy atom. The van der Waals surface area contributed by atoms with Gasteiger partial charge < -0.3 is 19.3 Å². The van der Waals surface area contributed by atoms with E-state index in [2.05, 4.69) is 10.0 Å². The molecule has 0 radical (unpaired) electrons. The number of esters is 1. The van der Waals surface area contributed by atoms with Gasteiger partial charge in [-0.05, 0) is 5.53 Å². The zero-order valence-electron chi connectivity index (χ0n) is 8.52. The van der Waals surface area contributed by atoms with E-state index in [1.165, 1.54) is 6.92 Å². The topological polar surface area (TPSA) is 114 Å². The quantitative estimate of drug-likeness (QED) is 0.302. The van der Waals surface area contributed by atoms with Gasteiger partial charge in [0.25, 0.3) is 0 Å². The minimum atomic E-state index is -1.04. The molecule has 2 aliphatic rings. The Balaban J connectivity index is 2.22. The molecule has 0 saturated carbocycles. The van der Waals surface area contributed by atoms with Crippen LogP contribution >= 0.6 is 0 Å². The molecule has 0 aromatic carbocycles. The van der Waals surface area contributed by atoms with Crippen molar-refractivity contribution in [1.82, 2.24) is 0 Å². The number of nitrogens with zero attached hydrogens (tertiary/aromatic N) is 3. The lowest BCUT2D eigenvalue weighted by atomic mass is 9.99. The Labute approximate surface area is 90.7 Å². The van der Waals surface area contributed by atoms with Gasteiger partial charge in [-0.2, -0.15) is 0 Å². The second kappa shape index (κ2) is 4.26. The summed E-state index contributed by atoms with van der Waals surface area (Å²) in [6.45, 7) is 1.42. The molecule has 88 valence electrons. The van der Waals surface area contributed by atoms with E-state index in [9.17, 15) is 9.90 Å². The lowest BCUT2D eigenvalue weighted by Crippen LogP contribution is -2.54. The first-order valence-electron chi connectivity index (χ1n) is 4.80. The summed E-state index contributed by atoms with van der Waals surface area (Å²) < 4.78 is 15.4. The highest BCUT2D eigenvalue weighted by molar-refractivity contribution is 5.66. The van der Waals surface area contributed by atoms with E-state index in [0.717, 1.165) is 0 Å². The van der Waals surface area contributed by atoms with Crippen LogP contribution in [0.25, 0.3) is 10.4 Å². The van der Waals surface area contributed by atoms with Crippen LogP contribution in [0.3, 0.4) is 0 Å². The highest BCUT2D eigenvalue weighted by atomic mass is 16.7. The second-order valence-corrected chi connectivity index (χ2v) is 3.64. The van der Waals surface area contributed by atoms with Crippen molar-refractivity contribution in [2.24, 2.45) is 5.11 Å². The van der Waals surface area contributed by atoms with Crippen molar-refractivity contribution in [1.29, 1.82) is 0 Å². The van der Waals surface area contributed by atoms with E-state index >= 15 is 0 Å². The third-order valence-corrected chi connectivity index (χ3v) is 2.55. The normalized spacial score (nSPS) is 41.2. The van der Waals surface area contributed by atoms with Crippen molar-refractivity contribution >= 4 is 5.97 Å². The van der Waals surface area contributed by atoms with E-state index in [0.29, 0.717) is 0 Å². The number of aliphatic hydroxyl groups excluding tert-OH is 1. The number of ether oxygens (including phenoxy) is 3. The fourth-order valence-electron chi connectivity index (χ4n) is 1.88. The standard InChI is InChI=1S/C8H11N3O5/c1-3(12)15-7-5(10-11-9)8-14-2-4(16-8)6(7)13/h4-8,13H,2H2,1H3/t4-,5-,6-,7?,8?/m1/s1. The van der Waals surface area contributed by atoms with Crippen LogP contribution in [-0.2, 0) is 19.0 Å². The summed E-state index contributed by atoms with van der Waals surface area (Å²) in [6, 6.07) is -0.859. The van der Waals surface area contributed by atoms with Gasteiger partial charge in [-0.15, -0.1) is 0 Å². The van der Waals surface area contributed by atoms with Gasteiger partial charge in [0.15, 0.2) is 6.29 Å². The van der Waals surface area contributed by atoms with Gasteiger partial charge in [-0.25, -0.2) is 0 Å². The molecule has 8 nitrogen and oxygen atoms in total. The van der Waals surface area contributed by atoms with Crippen molar-refractivity contribution in [3.8, 4) is 0 Å². The molecular weight excluding hydrogens is 218 g/mol. The number of azide groups is 1. The predicted octanol–water partition coefficient (Wildman–Crippen LogP) is -0.287. The molecule has 2 rings (SSSR count). The molecule has 2 bridgehead atoms. The molecule has 2 saturated heterocycles. The molecular formula is C8H11N3O5. The van der Waals surface area contributed by atoms with Crippen LogP contribution in [0.15, 0.2) is 5.11 Å². The Morgan fingerprint density at radius 3 is 3.06 bits per heavy atom. The summed E-state index contributed by atoms with van der Waals surface area (Å²) in [5, 5.41) is 13.3. The van der Waals surface area contributed by atoms with Crippen molar-refractivity contribution < 1.29 is 24.1 Å². The minimum Gasteiger partial charge on any atom is -0.459 e. The van der Waals surface area contributed by atoms with Gasteiger partial charge in [0.05, 0.1) is 6.61 Å². The highest BCUT2D eigenvalue weighted by Gasteiger charge is 2.51. The van der Waals surface area contributed by atoms with Crippen LogP contribution in [0, 0.1) is 0 Å². The number of aliphatic hydroxyl groups is 1. The molecule has 2 fully saturated rings. The first kappa shape index (κ1) is 11.2. The van der Waals surface area contributed by atoms with Crippen molar-refractivity contribution in [3.05, 3.63) is 10.4 Å². The van der Waals surface area contributed by atoms with Gasteiger partial charge >= 0.3 is 5.97 Å². The molecule has 1 N–H and O–H groups in total. The van der Waals surface area contributed by atoms with Crippen molar-refractivity contribution in [3.63, 3.8) is 0 Å². The lowest BCUT2D eigenvalue weighted by molar-refractivity contribution is -0.196. The van der Waals surface area contributed by atoms with Gasteiger partial charge in [0.2, 0.25) is 0 Å². The van der Waals surface area contributed by atoms with Gasteiger partial charge in [-0.1, -0.05) is 5.11 Å². The maximum Gasteiger partial charge on any atom is 0.303 e. The third-order valence-electron chi connectivity index (χ3n) is 2.55. The number of carbonyl (C=O) groups is 1. The minimum absolute atomic E-state index is 0.195. The number of hydrogen-bond acceptors (Lipinski definition) is 6. The molecule has 2 heterocycles. The monoisotopic (exact) mass is 229 g/mol. The van der Waals surface area contributed by atoms with Gasteiger partial charge in [0.1, 0.15) is 24.4 Å². The maximum atomic E-state index is 10.9. The summed E-state index contributed by atoms with van der Waals surface area (Å²) in [6.07, 6.45) is -3.26. The van der Waals surface area contributed by atoms with Crippen LogP contribution in [-0.4, -0.2) is 48.3 Å². The maximum absolute atomic E-state index is 10.9. The highest BCUT2D eigenvalue weighted by Crippen LogP contribution is 2.31. The van der Waals surface area contributed by atoms with Crippen LogP contribution in [0.4, 0.5) is 0 Å². The largest absolute Gasteiger partial charge is 0.459 e.